The molecule has 1 atom stereocenters. The summed E-state index contributed by atoms with van der Waals surface area (Å²) in [5, 5.41) is 0. The first kappa shape index (κ1) is 13.0. The van der Waals surface area contributed by atoms with Crippen molar-refractivity contribution < 1.29 is 17.6 Å². The molecule has 1 aromatic rings. The predicted octanol–water partition coefficient (Wildman–Crippen LogP) is 3.12. The van der Waals surface area contributed by atoms with Crippen LogP contribution in [0.3, 0.4) is 0 Å². The first-order valence-electron chi connectivity index (χ1n) is 4.92. The highest BCUT2D eigenvalue weighted by Crippen LogP contribution is 2.30. The summed E-state index contributed by atoms with van der Waals surface area (Å²) in [6.07, 6.45) is -3.76. The van der Waals surface area contributed by atoms with Crippen LogP contribution in [0.1, 0.15) is 24.5 Å². The largest absolute Gasteiger partial charge is 0.416 e. The zero-order valence-electron chi connectivity index (χ0n) is 8.81. The number of nitrogens with two attached hydrogens (primary N) is 1. The molecular weight excluding hydrogens is 222 g/mol. The van der Waals surface area contributed by atoms with Crippen LogP contribution in [-0.2, 0) is 12.6 Å². The standard InChI is InChI=1S/C11H13F4N/c1-7(16)2-3-8-6-9(11(13,14)15)4-5-10(8)12/h4-7H,2-3,16H2,1H3/t7-/m1/s1. The molecule has 0 heterocycles. The number of halogens is 4. The van der Waals surface area contributed by atoms with Crippen LogP contribution in [0.25, 0.3) is 0 Å². The molecule has 0 radical (unpaired) electrons. The Hall–Kier alpha value is -1.10. The van der Waals surface area contributed by atoms with Crippen molar-refractivity contribution >= 4 is 0 Å². The third-order valence-electron chi connectivity index (χ3n) is 2.24. The van der Waals surface area contributed by atoms with Gasteiger partial charge >= 0.3 is 6.18 Å². The lowest BCUT2D eigenvalue weighted by molar-refractivity contribution is -0.137. The van der Waals surface area contributed by atoms with Crippen LogP contribution in [0.5, 0.6) is 0 Å². The Morgan fingerprint density at radius 2 is 1.94 bits per heavy atom. The Kier molecular flexibility index (Phi) is 3.91. The molecule has 0 unspecified atom stereocenters. The van der Waals surface area contributed by atoms with Crippen LogP contribution in [0.2, 0.25) is 0 Å². The first-order chi connectivity index (χ1) is 7.30. The van der Waals surface area contributed by atoms with Gasteiger partial charge in [0.2, 0.25) is 0 Å². The molecule has 0 fully saturated rings. The van der Waals surface area contributed by atoms with Gasteiger partial charge in [0.25, 0.3) is 0 Å². The van der Waals surface area contributed by atoms with Gasteiger partial charge in [-0.1, -0.05) is 0 Å². The minimum absolute atomic E-state index is 0.0622. The molecule has 0 saturated carbocycles. The molecule has 0 aliphatic heterocycles. The zero-order valence-corrected chi connectivity index (χ0v) is 8.81. The molecule has 1 nitrogen and oxygen atoms in total. The molecule has 1 rings (SSSR count). The molecule has 0 saturated heterocycles. The Balaban J connectivity index is 2.91. The number of aryl methyl sites for hydroxylation is 1. The van der Waals surface area contributed by atoms with E-state index >= 15 is 0 Å². The van der Waals surface area contributed by atoms with Crippen LogP contribution >= 0.6 is 0 Å². The lowest BCUT2D eigenvalue weighted by Crippen LogP contribution is -2.16. The summed E-state index contributed by atoms with van der Waals surface area (Å²) in [4.78, 5) is 0. The molecule has 90 valence electrons. The van der Waals surface area contributed by atoms with E-state index in [1.54, 1.807) is 6.92 Å². The SMILES string of the molecule is C[C@@H](N)CCc1cc(C(F)(F)F)ccc1F. The summed E-state index contributed by atoms with van der Waals surface area (Å²) in [6.45, 7) is 1.73. The van der Waals surface area contributed by atoms with E-state index in [9.17, 15) is 17.6 Å². The number of hydrogen-bond donors (Lipinski definition) is 1. The van der Waals surface area contributed by atoms with E-state index in [0.29, 0.717) is 6.42 Å². The van der Waals surface area contributed by atoms with Crippen molar-refractivity contribution in [2.24, 2.45) is 5.73 Å². The van der Waals surface area contributed by atoms with E-state index in [1.807, 2.05) is 0 Å². The monoisotopic (exact) mass is 235 g/mol. The van der Waals surface area contributed by atoms with Gasteiger partial charge in [-0.15, -0.1) is 0 Å². The molecule has 0 aromatic heterocycles. The second kappa shape index (κ2) is 4.82. The summed E-state index contributed by atoms with van der Waals surface area (Å²) in [5.74, 6) is -0.617. The number of hydrogen-bond acceptors (Lipinski definition) is 1. The molecule has 0 amide bonds. The fourth-order valence-electron chi connectivity index (χ4n) is 1.33. The molecule has 2 N–H and O–H groups in total. The van der Waals surface area contributed by atoms with Gasteiger partial charge in [0, 0.05) is 6.04 Å². The number of rotatable bonds is 3. The van der Waals surface area contributed by atoms with E-state index < -0.39 is 17.6 Å². The Labute approximate surface area is 91.3 Å². The normalized spacial score (nSPS) is 13.9. The minimum Gasteiger partial charge on any atom is -0.328 e. The fourth-order valence-corrected chi connectivity index (χ4v) is 1.33. The average molecular weight is 235 g/mol. The van der Waals surface area contributed by atoms with Gasteiger partial charge in [0.1, 0.15) is 5.82 Å². The van der Waals surface area contributed by atoms with Crippen molar-refractivity contribution in [1.29, 1.82) is 0 Å². The molecular formula is C11H13F4N. The van der Waals surface area contributed by atoms with Crippen LogP contribution in [0.4, 0.5) is 17.6 Å². The van der Waals surface area contributed by atoms with Crippen molar-refractivity contribution in [3.63, 3.8) is 0 Å². The van der Waals surface area contributed by atoms with Crippen LogP contribution in [0.15, 0.2) is 18.2 Å². The van der Waals surface area contributed by atoms with Gasteiger partial charge in [-0.05, 0) is 43.5 Å². The summed E-state index contributed by atoms with van der Waals surface area (Å²) in [6, 6.07) is 2.27. The topological polar surface area (TPSA) is 26.0 Å². The van der Waals surface area contributed by atoms with E-state index in [0.717, 1.165) is 18.2 Å². The van der Waals surface area contributed by atoms with E-state index in [-0.39, 0.29) is 18.0 Å². The van der Waals surface area contributed by atoms with Gasteiger partial charge in [-0.25, -0.2) is 4.39 Å². The van der Waals surface area contributed by atoms with Crippen LogP contribution < -0.4 is 5.73 Å². The summed E-state index contributed by atoms with van der Waals surface area (Å²) in [5.41, 5.74) is 4.71. The van der Waals surface area contributed by atoms with Gasteiger partial charge in [0.15, 0.2) is 0 Å². The molecule has 16 heavy (non-hydrogen) atoms. The number of alkyl halides is 3. The van der Waals surface area contributed by atoms with Gasteiger partial charge in [-0.2, -0.15) is 13.2 Å². The van der Waals surface area contributed by atoms with E-state index in [1.165, 1.54) is 0 Å². The second-order valence-electron chi connectivity index (χ2n) is 3.82. The van der Waals surface area contributed by atoms with Crippen molar-refractivity contribution in [1.82, 2.24) is 0 Å². The van der Waals surface area contributed by atoms with Gasteiger partial charge in [-0.3, -0.25) is 0 Å². The Morgan fingerprint density at radius 3 is 2.44 bits per heavy atom. The van der Waals surface area contributed by atoms with E-state index in [2.05, 4.69) is 0 Å². The van der Waals surface area contributed by atoms with Gasteiger partial charge < -0.3 is 5.73 Å². The second-order valence-corrected chi connectivity index (χ2v) is 3.82. The van der Waals surface area contributed by atoms with Crippen LogP contribution in [0, 0.1) is 5.82 Å². The highest BCUT2D eigenvalue weighted by atomic mass is 19.4. The predicted molar refractivity (Wildman–Crippen MR) is 53.4 cm³/mol. The van der Waals surface area contributed by atoms with Crippen molar-refractivity contribution in [2.45, 2.75) is 32.0 Å². The quantitative estimate of drug-likeness (QED) is 0.800. The molecule has 0 spiro atoms. The molecule has 0 aliphatic carbocycles. The molecule has 0 bridgehead atoms. The van der Waals surface area contributed by atoms with Crippen molar-refractivity contribution in [3.05, 3.63) is 35.1 Å². The molecule has 5 heteroatoms. The minimum atomic E-state index is -4.43. The Bertz CT molecular complexity index is 357. The summed E-state index contributed by atoms with van der Waals surface area (Å²) >= 11 is 0. The zero-order chi connectivity index (χ0) is 12.3. The smallest absolute Gasteiger partial charge is 0.328 e. The highest BCUT2D eigenvalue weighted by Gasteiger charge is 2.30. The van der Waals surface area contributed by atoms with Crippen molar-refractivity contribution in [3.8, 4) is 0 Å². The van der Waals surface area contributed by atoms with E-state index in [4.69, 9.17) is 5.73 Å². The molecule has 0 aliphatic rings. The summed E-state index contributed by atoms with van der Waals surface area (Å²) < 4.78 is 50.3. The lowest BCUT2D eigenvalue weighted by Gasteiger charge is -2.10. The average Bonchev–Trinajstić information content (AvgIpc) is 2.14. The maximum Gasteiger partial charge on any atom is 0.416 e. The van der Waals surface area contributed by atoms with Gasteiger partial charge in [0.05, 0.1) is 5.56 Å². The lowest BCUT2D eigenvalue weighted by atomic mass is 10.0. The van der Waals surface area contributed by atoms with Crippen molar-refractivity contribution in [2.75, 3.05) is 0 Å². The molecule has 1 aromatic carbocycles. The fraction of sp³-hybridized carbons (Fsp3) is 0.455. The number of benzene rings is 1. The Morgan fingerprint density at radius 1 is 1.31 bits per heavy atom. The third kappa shape index (κ3) is 3.48. The maximum absolute atomic E-state index is 13.2. The third-order valence-corrected chi connectivity index (χ3v) is 2.24. The van der Waals surface area contributed by atoms with Crippen LogP contribution in [-0.4, -0.2) is 6.04 Å². The maximum atomic E-state index is 13.2. The first-order valence-corrected chi connectivity index (χ1v) is 4.92. The summed E-state index contributed by atoms with van der Waals surface area (Å²) in [7, 11) is 0. The highest BCUT2D eigenvalue weighted by molar-refractivity contribution is 5.27.